The number of nitrogens with zero attached hydrogens (tertiary/aromatic N) is 3. The van der Waals surface area contributed by atoms with Gasteiger partial charge in [0.05, 0.1) is 12.1 Å². The van der Waals surface area contributed by atoms with E-state index in [-0.39, 0.29) is 12.0 Å². The van der Waals surface area contributed by atoms with Gasteiger partial charge in [-0.1, -0.05) is 0 Å². The van der Waals surface area contributed by atoms with Crippen molar-refractivity contribution >= 4 is 17.9 Å². The Kier molecular flexibility index (Phi) is 5.18. The minimum Gasteiger partial charge on any atom is -0.481 e. The number of carboxylic acids is 1. The summed E-state index contributed by atoms with van der Waals surface area (Å²) in [6.07, 6.45) is 6.40. The number of rotatable bonds is 3. The zero-order valence-electron chi connectivity index (χ0n) is 13.7. The number of carboxylic acid groups (broad SMARTS) is 1. The molecule has 1 N–H and O–H groups in total. The Morgan fingerprint density at radius 1 is 1.22 bits per heavy atom. The van der Waals surface area contributed by atoms with Gasteiger partial charge in [-0.3, -0.25) is 14.7 Å². The molecule has 0 atom stereocenters. The first-order valence-corrected chi connectivity index (χ1v) is 7.79. The summed E-state index contributed by atoms with van der Waals surface area (Å²) in [6, 6.07) is -0.128. The Balaban J connectivity index is 2.18. The van der Waals surface area contributed by atoms with Crippen molar-refractivity contribution in [2.24, 2.45) is 5.92 Å². The molecule has 126 valence electrons. The predicted molar refractivity (Wildman–Crippen MR) is 84.1 cm³/mol. The molecule has 1 fully saturated rings. The van der Waals surface area contributed by atoms with Gasteiger partial charge in [0.2, 0.25) is 0 Å². The van der Waals surface area contributed by atoms with Crippen LogP contribution in [0.1, 0.15) is 46.5 Å². The van der Waals surface area contributed by atoms with Gasteiger partial charge >= 0.3 is 12.1 Å². The molecule has 1 aromatic heterocycles. The second-order valence-corrected chi connectivity index (χ2v) is 6.76. The third-order valence-electron chi connectivity index (χ3n) is 3.80. The molecular formula is C16H23N3O4. The van der Waals surface area contributed by atoms with Gasteiger partial charge < -0.3 is 9.84 Å². The van der Waals surface area contributed by atoms with Crippen LogP contribution in [0.2, 0.25) is 0 Å². The number of anilines is 1. The molecule has 1 amide bonds. The Morgan fingerprint density at radius 2 is 1.87 bits per heavy atom. The Labute approximate surface area is 135 Å². The third kappa shape index (κ3) is 4.64. The van der Waals surface area contributed by atoms with Crippen LogP contribution in [0.15, 0.2) is 18.6 Å². The monoisotopic (exact) mass is 321 g/mol. The molecular weight excluding hydrogens is 298 g/mol. The van der Waals surface area contributed by atoms with E-state index in [1.165, 1.54) is 23.5 Å². The van der Waals surface area contributed by atoms with Crippen molar-refractivity contribution in [2.75, 3.05) is 4.90 Å². The fourth-order valence-electron chi connectivity index (χ4n) is 2.74. The first-order valence-electron chi connectivity index (χ1n) is 7.79. The molecule has 1 aliphatic carbocycles. The second-order valence-electron chi connectivity index (χ2n) is 6.76. The van der Waals surface area contributed by atoms with Crippen LogP contribution in [-0.2, 0) is 9.53 Å². The number of ether oxygens (including phenoxy) is 1. The highest BCUT2D eigenvalue weighted by molar-refractivity contribution is 5.87. The van der Waals surface area contributed by atoms with Crippen molar-refractivity contribution in [1.82, 2.24) is 9.97 Å². The van der Waals surface area contributed by atoms with Gasteiger partial charge in [-0.2, -0.15) is 0 Å². The van der Waals surface area contributed by atoms with Gasteiger partial charge in [-0.15, -0.1) is 0 Å². The van der Waals surface area contributed by atoms with Crippen LogP contribution in [0.25, 0.3) is 0 Å². The number of carbonyl (C=O) groups excluding carboxylic acids is 1. The summed E-state index contributed by atoms with van der Waals surface area (Å²) >= 11 is 0. The third-order valence-corrected chi connectivity index (χ3v) is 3.80. The molecule has 0 aliphatic heterocycles. The molecule has 1 aromatic rings. The minimum absolute atomic E-state index is 0.128. The topological polar surface area (TPSA) is 92.6 Å². The highest BCUT2D eigenvalue weighted by atomic mass is 16.6. The lowest BCUT2D eigenvalue weighted by Crippen LogP contribution is -2.46. The van der Waals surface area contributed by atoms with Crippen molar-refractivity contribution in [3.05, 3.63) is 18.6 Å². The Hall–Kier alpha value is -2.18. The van der Waals surface area contributed by atoms with Crippen LogP contribution < -0.4 is 4.90 Å². The molecule has 1 aliphatic rings. The highest BCUT2D eigenvalue weighted by Crippen LogP contribution is 2.31. The van der Waals surface area contributed by atoms with E-state index in [9.17, 15) is 9.59 Å². The largest absolute Gasteiger partial charge is 0.481 e. The maximum Gasteiger partial charge on any atom is 0.416 e. The summed E-state index contributed by atoms with van der Waals surface area (Å²) in [4.78, 5) is 33.4. The molecule has 0 unspecified atom stereocenters. The standard InChI is InChI=1S/C16H23N3O4/c1-16(2,3)23-15(22)19(13-10-17-8-9-18-13)12-6-4-11(5-7-12)14(20)21/h8-12H,4-7H2,1-3H3,(H,20,21). The molecule has 0 spiro atoms. The van der Waals surface area contributed by atoms with E-state index in [2.05, 4.69) is 9.97 Å². The van der Waals surface area contributed by atoms with Gasteiger partial charge in [0.1, 0.15) is 5.60 Å². The van der Waals surface area contributed by atoms with Gasteiger partial charge in [0.25, 0.3) is 0 Å². The average Bonchev–Trinajstić information content (AvgIpc) is 2.47. The summed E-state index contributed by atoms with van der Waals surface area (Å²) in [7, 11) is 0. The summed E-state index contributed by atoms with van der Waals surface area (Å²) in [5, 5.41) is 9.11. The molecule has 23 heavy (non-hydrogen) atoms. The molecule has 7 nitrogen and oxygen atoms in total. The normalized spacial score (nSPS) is 21.5. The molecule has 0 aromatic carbocycles. The van der Waals surface area contributed by atoms with Crippen LogP contribution in [0.4, 0.5) is 10.6 Å². The van der Waals surface area contributed by atoms with Crippen LogP contribution in [0.5, 0.6) is 0 Å². The van der Waals surface area contributed by atoms with E-state index >= 15 is 0 Å². The maximum atomic E-state index is 12.6. The van der Waals surface area contributed by atoms with Crippen molar-refractivity contribution in [3.63, 3.8) is 0 Å². The molecule has 7 heteroatoms. The van der Waals surface area contributed by atoms with Crippen LogP contribution >= 0.6 is 0 Å². The second kappa shape index (κ2) is 6.93. The minimum atomic E-state index is -0.772. The van der Waals surface area contributed by atoms with Gasteiger partial charge in [0, 0.05) is 18.4 Å². The maximum absolute atomic E-state index is 12.6. The van der Waals surface area contributed by atoms with Crippen molar-refractivity contribution in [1.29, 1.82) is 0 Å². The number of hydrogen-bond donors (Lipinski definition) is 1. The average molecular weight is 321 g/mol. The van der Waals surface area contributed by atoms with E-state index in [1.54, 1.807) is 20.8 Å². The van der Waals surface area contributed by atoms with Crippen molar-refractivity contribution in [2.45, 2.75) is 58.1 Å². The summed E-state index contributed by atoms with van der Waals surface area (Å²) < 4.78 is 5.48. The van der Waals surface area contributed by atoms with Crippen LogP contribution in [0.3, 0.4) is 0 Å². The SMILES string of the molecule is CC(C)(C)OC(=O)N(c1cnccn1)C1CCC(C(=O)O)CC1. The summed E-state index contributed by atoms with van der Waals surface area (Å²) in [5.74, 6) is -0.680. The number of amides is 1. The van der Waals surface area contributed by atoms with E-state index < -0.39 is 17.7 Å². The number of aromatic nitrogens is 2. The quantitative estimate of drug-likeness (QED) is 0.920. The number of carbonyl (C=O) groups is 2. The molecule has 1 heterocycles. The van der Waals surface area contributed by atoms with Crippen LogP contribution in [0, 0.1) is 5.92 Å². The zero-order chi connectivity index (χ0) is 17.0. The van der Waals surface area contributed by atoms with Crippen molar-refractivity contribution < 1.29 is 19.4 Å². The first kappa shape index (κ1) is 17.2. The fourth-order valence-corrected chi connectivity index (χ4v) is 2.74. The number of aliphatic carboxylic acids is 1. The molecule has 0 bridgehead atoms. The van der Waals surface area contributed by atoms with E-state index in [0.717, 1.165) is 0 Å². The lowest BCUT2D eigenvalue weighted by atomic mass is 9.85. The van der Waals surface area contributed by atoms with E-state index in [1.807, 2.05) is 0 Å². The number of hydrogen-bond acceptors (Lipinski definition) is 5. The van der Waals surface area contributed by atoms with Gasteiger partial charge in [-0.05, 0) is 46.5 Å². The molecule has 0 saturated heterocycles. The fraction of sp³-hybridized carbons (Fsp3) is 0.625. The van der Waals surface area contributed by atoms with E-state index in [4.69, 9.17) is 9.84 Å². The zero-order valence-corrected chi connectivity index (χ0v) is 13.7. The summed E-state index contributed by atoms with van der Waals surface area (Å²) in [5.41, 5.74) is -0.615. The Bertz CT molecular complexity index is 548. The lowest BCUT2D eigenvalue weighted by Gasteiger charge is -2.35. The summed E-state index contributed by atoms with van der Waals surface area (Å²) in [6.45, 7) is 5.42. The van der Waals surface area contributed by atoms with E-state index in [0.29, 0.717) is 31.5 Å². The van der Waals surface area contributed by atoms with Gasteiger partial charge in [-0.25, -0.2) is 9.78 Å². The van der Waals surface area contributed by atoms with Crippen molar-refractivity contribution in [3.8, 4) is 0 Å². The lowest BCUT2D eigenvalue weighted by molar-refractivity contribution is -0.142. The Morgan fingerprint density at radius 3 is 2.35 bits per heavy atom. The first-order chi connectivity index (χ1) is 10.8. The predicted octanol–water partition coefficient (Wildman–Crippen LogP) is 2.86. The molecule has 1 saturated carbocycles. The highest BCUT2D eigenvalue weighted by Gasteiger charge is 2.35. The van der Waals surface area contributed by atoms with Crippen LogP contribution in [-0.4, -0.2) is 38.8 Å². The molecule has 2 rings (SSSR count). The smallest absolute Gasteiger partial charge is 0.416 e. The molecule has 0 radical (unpaired) electrons. The van der Waals surface area contributed by atoms with Gasteiger partial charge in [0.15, 0.2) is 5.82 Å².